The van der Waals surface area contributed by atoms with E-state index in [0.29, 0.717) is 0 Å². The Morgan fingerprint density at radius 3 is 2.00 bits per heavy atom. The summed E-state index contributed by atoms with van der Waals surface area (Å²) in [7, 11) is 2.47. The summed E-state index contributed by atoms with van der Waals surface area (Å²) >= 11 is 0. The van der Waals surface area contributed by atoms with Gasteiger partial charge in [0.1, 0.15) is 0 Å². The molecule has 0 atom stereocenters. The van der Waals surface area contributed by atoms with Gasteiger partial charge in [-0.2, -0.15) is 8.42 Å². The Morgan fingerprint density at radius 2 is 2.00 bits per heavy atom. The summed E-state index contributed by atoms with van der Waals surface area (Å²) in [6.07, 6.45) is 0. The Morgan fingerprint density at radius 1 is 1.57 bits per heavy atom. The standard InChI is InChI=1S/CH5ClN2O2S/c1-3-4-7(2,5)6/h3-4H,1H3. The van der Waals surface area contributed by atoms with Crippen molar-refractivity contribution in [3.8, 4) is 0 Å². The first-order valence-electron chi connectivity index (χ1n) is 1.44. The largest absolute Gasteiger partial charge is 0.310 e. The van der Waals surface area contributed by atoms with Crippen molar-refractivity contribution in [1.82, 2.24) is 10.3 Å². The lowest BCUT2D eigenvalue weighted by Crippen LogP contribution is -2.30. The van der Waals surface area contributed by atoms with Crippen molar-refractivity contribution < 1.29 is 8.42 Å². The summed E-state index contributed by atoms with van der Waals surface area (Å²) in [5.74, 6) is 0. The molecule has 4 nitrogen and oxygen atoms in total. The minimum Gasteiger partial charge on any atom is -0.246 e. The molecular weight excluding hydrogens is 140 g/mol. The predicted octanol–water partition coefficient (Wildman–Crippen LogP) is -0.806. The minimum atomic E-state index is -3.56. The maximum absolute atomic E-state index is 9.82. The number of rotatable bonds is 2. The number of hydrogen-bond acceptors (Lipinski definition) is 3. The molecule has 0 aromatic carbocycles. The second kappa shape index (κ2) is 2.46. The highest BCUT2D eigenvalue weighted by atomic mass is 35.7. The van der Waals surface area contributed by atoms with Crippen molar-refractivity contribution in [1.29, 1.82) is 0 Å². The quantitative estimate of drug-likeness (QED) is 0.394. The first kappa shape index (κ1) is 7.16. The third kappa shape index (κ3) is 6.16. The molecule has 44 valence electrons. The fourth-order valence-corrected chi connectivity index (χ4v) is 0.597. The van der Waals surface area contributed by atoms with Gasteiger partial charge < -0.3 is 0 Å². The van der Waals surface area contributed by atoms with Gasteiger partial charge in [0, 0.05) is 10.7 Å². The lowest BCUT2D eigenvalue weighted by atomic mass is 11.5. The third-order valence-electron chi connectivity index (χ3n) is 0.224. The van der Waals surface area contributed by atoms with Crippen LogP contribution in [0.2, 0.25) is 0 Å². The summed E-state index contributed by atoms with van der Waals surface area (Å²) in [5, 5.41) is 0. The van der Waals surface area contributed by atoms with E-state index in [1.807, 2.05) is 0 Å². The highest BCUT2D eigenvalue weighted by molar-refractivity contribution is 8.12. The molecule has 0 spiro atoms. The van der Waals surface area contributed by atoms with Crippen LogP contribution in [0.5, 0.6) is 0 Å². The van der Waals surface area contributed by atoms with Gasteiger partial charge in [0.15, 0.2) is 0 Å². The molecular formula is CH5ClN2O2S. The van der Waals surface area contributed by atoms with Crippen LogP contribution in [-0.4, -0.2) is 15.5 Å². The van der Waals surface area contributed by atoms with Crippen LogP contribution in [0.4, 0.5) is 0 Å². The summed E-state index contributed by atoms with van der Waals surface area (Å²) in [6.45, 7) is 0. The van der Waals surface area contributed by atoms with Gasteiger partial charge in [-0.1, -0.05) is 0 Å². The number of nitrogens with one attached hydrogen (secondary N) is 2. The maximum atomic E-state index is 9.82. The second-order valence-corrected chi connectivity index (χ2v) is 3.09. The van der Waals surface area contributed by atoms with Crippen molar-refractivity contribution >= 4 is 19.9 Å². The molecule has 0 aromatic rings. The van der Waals surface area contributed by atoms with Crippen molar-refractivity contribution in [3.05, 3.63) is 0 Å². The topological polar surface area (TPSA) is 58.2 Å². The first-order valence-corrected chi connectivity index (χ1v) is 3.75. The number of hydrazine groups is 1. The van der Waals surface area contributed by atoms with Gasteiger partial charge in [-0.05, 0) is 7.05 Å². The van der Waals surface area contributed by atoms with Gasteiger partial charge >= 0.3 is 9.24 Å². The second-order valence-electron chi connectivity index (χ2n) is 0.790. The summed E-state index contributed by atoms with van der Waals surface area (Å²) in [6, 6.07) is 0. The van der Waals surface area contributed by atoms with E-state index in [4.69, 9.17) is 0 Å². The highest BCUT2D eigenvalue weighted by Crippen LogP contribution is 1.83. The zero-order chi connectivity index (χ0) is 5.91. The smallest absolute Gasteiger partial charge is 0.246 e. The molecule has 7 heavy (non-hydrogen) atoms. The SMILES string of the molecule is CNNS(=O)(=O)Cl. The molecule has 0 amide bonds. The fraction of sp³-hybridized carbons (Fsp3) is 1.00. The Hall–Kier alpha value is 0.160. The van der Waals surface area contributed by atoms with Crippen LogP contribution in [0.25, 0.3) is 0 Å². The third-order valence-corrected chi connectivity index (χ3v) is 0.903. The lowest BCUT2D eigenvalue weighted by Gasteiger charge is -1.91. The van der Waals surface area contributed by atoms with Crippen LogP contribution < -0.4 is 10.3 Å². The van der Waals surface area contributed by atoms with E-state index in [0.717, 1.165) is 0 Å². The van der Waals surface area contributed by atoms with Gasteiger partial charge in [0.2, 0.25) is 0 Å². The molecule has 0 bridgehead atoms. The van der Waals surface area contributed by atoms with Gasteiger partial charge in [0.25, 0.3) is 0 Å². The molecule has 0 fully saturated rings. The molecule has 0 unspecified atom stereocenters. The minimum absolute atomic E-state index is 1.40. The van der Waals surface area contributed by atoms with Crippen LogP contribution in [0, 0.1) is 0 Å². The van der Waals surface area contributed by atoms with E-state index in [2.05, 4.69) is 16.1 Å². The molecule has 0 saturated heterocycles. The Balaban J connectivity index is 3.60. The highest BCUT2D eigenvalue weighted by Gasteiger charge is 1.96. The first-order chi connectivity index (χ1) is 3.06. The zero-order valence-electron chi connectivity index (χ0n) is 3.60. The summed E-state index contributed by atoms with van der Waals surface area (Å²) < 4.78 is 19.6. The van der Waals surface area contributed by atoms with Gasteiger partial charge in [0.05, 0.1) is 0 Å². The van der Waals surface area contributed by atoms with Crippen molar-refractivity contribution in [2.75, 3.05) is 7.05 Å². The van der Waals surface area contributed by atoms with Crippen LogP contribution >= 0.6 is 10.7 Å². The van der Waals surface area contributed by atoms with E-state index < -0.39 is 9.24 Å². The predicted molar refractivity (Wildman–Crippen MR) is 27.0 cm³/mol. The molecule has 6 heteroatoms. The molecule has 0 aliphatic carbocycles. The molecule has 0 aliphatic heterocycles. The zero-order valence-corrected chi connectivity index (χ0v) is 5.18. The normalized spacial score (nSPS) is 11.7. The Labute approximate surface area is 46.4 Å². The fourth-order valence-electron chi connectivity index (χ4n) is 0.122. The molecule has 0 rings (SSSR count). The Kier molecular flexibility index (Phi) is 2.52. The summed E-state index contributed by atoms with van der Waals surface area (Å²) in [4.78, 5) is 1.77. The summed E-state index contributed by atoms with van der Waals surface area (Å²) in [5.41, 5.74) is 2.14. The van der Waals surface area contributed by atoms with Gasteiger partial charge in [-0.3, -0.25) is 0 Å². The molecule has 0 aromatic heterocycles. The maximum Gasteiger partial charge on any atom is 0.310 e. The average Bonchev–Trinajstić information content (AvgIpc) is 1.30. The van der Waals surface area contributed by atoms with Crippen LogP contribution in [0.3, 0.4) is 0 Å². The lowest BCUT2D eigenvalue weighted by molar-refractivity contribution is 0.585. The molecule has 0 heterocycles. The molecule has 0 radical (unpaired) electrons. The Bertz CT molecular complexity index is 129. The van der Waals surface area contributed by atoms with Crippen molar-refractivity contribution in [3.63, 3.8) is 0 Å². The van der Waals surface area contributed by atoms with Gasteiger partial charge in [-0.25, -0.2) is 5.43 Å². The molecule has 0 saturated carbocycles. The van der Waals surface area contributed by atoms with E-state index in [-0.39, 0.29) is 0 Å². The van der Waals surface area contributed by atoms with Crippen LogP contribution in [0.1, 0.15) is 0 Å². The van der Waals surface area contributed by atoms with Crippen molar-refractivity contribution in [2.24, 2.45) is 0 Å². The number of hydrogen-bond donors (Lipinski definition) is 2. The van der Waals surface area contributed by atoms with E-state index in [1.54, 1.807) is 4.83 Å². The average molecular weight is 145 g/mol. The van der Waals surface area contributed by atoms with Crippen molar-refractivity contribution in [2.45, 2.75) is 0 Å². The number of halogens is 1. The molecule has 2 N–H and O–H groups in total. The van der Waals surface area contributed by atoms with E-state index in [9.17, 15) is 8.42 Å². The van der Waals surface area contributed by atoms with Crippen LogP contribution in [0.15, 0.2) is 0 Å². The monoisotopic (exact) mass is 144 g/mol. The molecule has 0 aliphatic rings. The van der Waals surface area contributed by atoms with E-state index in [1.165, 1.54) is 7.05 Å². The van der Waals surface area contributed by atoms with Gasteiger partial charge in [-0.15, -0.1) is 4.83 Å². The van der Waals surface area contributed by atoms with E-state index >= 15 is 0 Å². The van der Waals surface area contributed by atoms with Crippen LogP contribution in [-0.2, 0) is 9.24 Å².